The molecule has 1 aromatic rings. The Hall–Kier alpha value is -0.200. The first-order valence-corrected chi connectivity index (χ1v) is 6.78. The highest BCUT2D eigenvalue weighted by Crippen LogP contribution is 2.45. The summed E-state index contributed by atoms with van der Waals surface area (Å²) in [4.78, 5) is 16.7. The summed E-state index contributed by atoms with van der Waals surface area (Å²) >= 11 is 8.29. The summed E-state index contributed by atoms with van der Waals surface area (Å²) in [5.41, 5.74) is -0.516. The van der Waals surface area contributed by atoms with Crippen LogP contribution in [0.25, 0.3) is 0 Å². The van der Waals surface area contributed by atoms with Gasteiger partial charge in [-0.25, -0.2) is 9.79 Å². The molecule has 2 aliphatic rings. The molecule has 1 aromatic heterocycles. The fraction of sp³-hybridized carbons (Fsp3) is 0.333. The topological polar surface area (TPSA) is 38.7 Å². The van der Waals surface area contributed by atoms with E-state index in [-0.39, 0.29) is 5.97 Å². The molecule has 1 aliphatic heterocycles. The van der Waals surface area contributed by atoms with Crippen molar-refractivity contribution in [2.45, 2.75) is 18.4 Å². The van der Waals surface area contributed by atoms with Crippen LogP contribution in [0.5, 0.6) is 0 Å². The number of halogens is 2. The van der Waals surface area contributed by atoms with Crippen molar-refractivity contribution in [3.63, 3.8) is 0 Å². The van der Waals surface area contributed by atoms with Gasteiger partial charge in [-0.05, 0) is 50.8 Å². The zero-order valence-electron chi connectivity index (χ0n) is 7.42. The lowest BCUT2D eigenvalue weighted by Gasteiger charge is -1.94. The van der Waals surface area contributed by atoms with Gasteiger partial charge in [0.25, 0.3) is 0 Å². The molecule has 1 saturated carbocycles. The average molecular weight is 351 g/mol. The molecule has 0 saturated heterocycles. The molecule has 1 fully saturated rings. The van der Waals surface area contributed by atoms with E-state index < -0.39 is 5.54 Å². The number of aliphatic imine (C=N–C) groups is 1. The monoisotopic (exact) mass is 349 g/mol. The minimum absolute atomic E-state index is 0.196. The van der Waals surface area contributed by atoms with Crippen LogP contribution in [0.4, 0.5) is 0 Å². The minimum Gasteiger partial charge on any atom is -0.404 e. The number of nitrogens with zero attached hydrogens (tertiary/aromatic N) is 1. The normalized spacial score (nSPS) is 21.7. The van der Waals surface area contributed by atoms with Crippen LogP contribution in [0.15, 0.2) is 19.3 Å². The summed E-state index contributed by atoms with van der Waals surface area (Å²) in [6.07, 6.45) is 1.64. The van der Waals surface area contributed by atoms with E-state index in [4.69, 9.17) is 4.74 Å². The highest BCUT2D eigenvalue weighted by molar-refractivity contribution is 9.13. The van der Waals surface area contributed by atoms with Gasteiger partial charge in [0.2, 0.25) is 5.90 Å². The molecule has 0 radical (unpaired) electrons. The van der Waals surface area contributed by atoms with Crippen LogP contribution >= 0.6 is 43.2 Å². The summed E-state index contributed by atoms with van der Waals surface area (Å²) in [7, 11) is 0. The second-order valence-corrected chi connectivity index (χ2v) is 6.79. The number of hydrogen-bond donors (Lipinski definition) is 0. The van der Waals surface area contributed by atoms with Crippen molar-refractivity contribution in [3.05, 3.63) is 19.2 Å². The van der Waals surface area contributed by atoms with Crippen LogP contribution in [-0.2, 0) is 9.53 Å². The number of carbonyl (C=O) groups is 1. The van der Waals surface area contributed by atoms with Crippen molar-refractivity contribution in [3.8, 4) is 0 Å². The Morgan fingerprint density at radius 2 is 2.20 bits per heavy atom. The van der Waals surface area contributed by atoms with Gasteiger partial charge in [0.05, 0.1) is 8.66 Å². The average Bonchev–Trinajstić information content (AvgIpc) is 2.79. The number of ether oxygens (including phenoxy) is 1. The maximum atomic E-state index is 11.5. The van der Waals surface area contributed by atoms with Crippen molar-refractivity contribution in [2.75, 3.05) is 0 Å². The van der Waals surface area contributed by atoms with Crippen molar-refractivity contribution < 1.29 is 9.53 Å². The van der Waals surface area contributed by atoms with Crippen molar-refractivity contribution in [1.82, 2.24) is 0 Å². The number of rotatable bonds is 1. The molecule has 78 valence electrons. The Bertz CT molecular complexity index is 471. The van der Waals surface area contributed by atoms with E-state index in [0.717, 1.165) is 26.0 Å². The fourth-order valence-corrected chi connectivity index (χ4v) is 3.40. The lowest BCUT2D eigenvalue weighted by Crippen LogP contribution is -2.15. The van der Waals surface area contributed by atoms with Gasteiger partial charge in [0, 0.05) is 4.47 Å². The second-order valence-electron chi connectivity index (χ2n) is 3.57. The third-order valence-electron chi connectivity index (χ3n) is 2.46. The largest absolute Gasteiger partial charge is 0.404 e. The summed E-state index contributed by atoms with van der Waals surface area (Å²) in [5, 5.41) is 0. The van der Waals surface area contributed by atoms with E-state index in [0.29, 0.717) is 5.90 Å². The Morgan fingerprint density at radius 1 is 1.47 bits per heavy atom. The lowest BCUT2D eigenvalue weighted by molar-refractivity contribution is -0.135. The molecule has 0 atom stereocenters. The van der Waals surface area contributed by atoms with Gasteiger partial charge >= 0.3 is 5.97 Å². The van der Waals surface area contributed by atoms with Crippen LogP contribution in [0.3, 0.4) is 0 Å². The molecular weight excluding hydrogens is 346 g/mol. The summed E-state index contributed by atoms with van der Waals surface area (Å²) in [6, 6.07) is 1.91. The van der Waals surface area contributed by atoms with Gasteiger partial charge in [0.1, 0.15) is 0 Å². The lowest BCUT2D eigenvalue weighted by atomic mass is 10.3. The molecule has 0 unspecified atom stereocenters. The molecule has 0 amide bonds. The Morgan fingerprint density at radius 3 is 2.67 bits per heavy atom. The summed E-state index contributed by atoms with van der Waals surface area (Å²) < 4.78 is 7.11. The third-order valence-corrected chi connectivity index (χ3v) is 5.71. The maximum Gasteiger partial charge on any atom is 0.340 e. The number of thiophene rings is 1. The van der Waals surface area contributed by atoms with Crippen molar-refractivity contribution in [2.24, 2.45) is 4.99 Å². The van der Waals surface area contributed by atoms with Crippen LogP contribution in [0.2, 0.25) is 0 Å². The maximum absolute atomic E-state index is 11.5. The fourth-order valence-electron chi connectivity index (χ4n) is 1.44. The third kappa shape index (κ3) is 1.50. The summed E-state index contributed by atoms with van der Waals surface area (Å²) in [6.45, 7) is 0. The SMILES string of the molecule is O=C1OC(c2cc(Br)c(Br)s2)=NC12CC2. The summed E-state index contributed by atoms with van der Waals surface area (Å²) in [5.74, 6) is 0.270. The van der Waals surface area contributed by atoms with Gasteiger partial charge in [-0.1, -0.05) is 0 Å². The van der Waals surface area contributed by atoms with Crippen molar-refractivity contribution in [1.29, 1.82) is 0 Å². The van der Waals surface area contributed by atoms with Gasteiger partial charge < -0.3 is 4.74 Å². The first kappa shape index (κ1) is 9.99. The van der Waals surface area contributed by atoms with Crippen molar-refractivity contribution >= 4 is 55.1 Å². The molecule has 0 bridgehead atoms. The second kappa shape index (κ2) is 3.15. The van der Waals surface area contributed by atoms with Gasteiger partial charge in [-0.2, -0.15) is 0 Å². The molecule has 0 N–H and O–H groups in total. The molecule has 1 spiro atoms. The molecular formula is C9H5Br2NO2S. The number of carbonyl (C=O) groups excluding carboxylic acids is 1. The zero-order chi connectivity index (χ0) is 10.6. The highest BCUT2D eigenvalue weighted by Gasteiger charge is 2.56. The Labute approximate surface area is 107 Å². The predicted molar refractivity (Wildman–Crippen MR) is 64.3 cm³/mol. The smallest absolute Gasteiger partial charge is 0.340 e. The van der Waals surface area contributed by atoms with Gasteiger partial charge in [-0.3, -0.25) is 0 Å². The first-order valence-electron chi connectivity index (χ1n) is 4.38. The van der Waals surface area contributed by atoms with Crippen LogP contribution < -0.4 is 0 Å². The quantitative estimate of drug-likeness (QED) is 0.730. The van der Waals surface area contributed by atoms with E-state index in [1.54, 1.807) is 0 Å². The van der Waals surface area contributed by atoms with E-state index in [9.17, 15) is 4.79 Å². The van der Waals surface area contributed by atoms with E-state index in [1.807, 2.05) is 6.07 Å². The Kier molecular flexibility index (Phi) is 2.10. The highest BCUT2D eigenvalue weighted by atomic mass is 79.9. The predicted octanol–water partition coefficient (Wildman–Crippen LogP) is 3.11. The van der Waals surface area contributed by atoms with Gasteiger partial charge in [0.15, 0.2) is 5.54 Å². The van der Waals surface area contributed by atoms with Crippen LogP contribution in [0.1, 0.15) is 17.7 Å². The standard InChI is InChI=1S/C9H5Br2NO2S/c10-4-3-5(15-6(4)11)7-12-9(1-2-9)8(13)14-7/h3H,1-2H2. The molecule has 2 heterocycles. The molecule has 6 heteroatoms. The van der Waals surface area contributed by atoms with Crippen LogP contribution in [-0.4, -0.2) is 17.4 Å². The van der Waals surface area contributed by atoms with E-state index in [1.165, 1.54) is 11.3 Å². The molecule has 0 aromatic carbocycles. The zero-order valence-corrected chi connectivity index (χ0v) is 11.4. The molecule has 15 heavy (non-hydrogen) atoms. The molecule has 1 aliphatic carbocycles. The van der Waals surface area contributed by atoms with E-state index in [2.05, 4.69) is 36.9 Å². The number of cyclic esters (lactones) is 1. The molecule has 3 rings (SSSR count). The number of hydrogen-bond acceptors (Lipinski definition) is 4. The minimum atomic E-state index is -0.516. The van der Waals surface area contributed by atoms with Crippen LogP contribution in [0, 0.1) is 0 Å². The first-order chi connectivity index (χ1) is 7.11. The Balaban J connectivity index is 1.99. The van der Waals surface area contributed by atoms with E-state index >= 15 is 0 Å². The molecule has 3 nitrogen and oxygen atoms in total. The number of esters is 1. The van der Waals surface area contributed by atoms with Gasteiger partial charge in [-0.15, -0.1) is 11.3 Å².